The van der Waals surface area contributed by atoms with Gasteiger partial charge >= 0.3 is 5.97 Å². The summed E-state index contributed by atoms with van der Waals surface area (Å²) in [5, 5.41) is 6.08. The van der Waals surface area contributed by atoms with Crippen LogP contribution >= 0.6 is 23.4 Å². The second-order valence-electron chi connectivity index (χ2n) is 7.39. The zero-order valence-electron chi connectivity index (χ0n) is 18.3. The summed E-state index contributed by atoms with van der Waals surface area (Å²) in [7, 11) is 2.93. The molecule has 0 saturated carbocycles. The second kappa shape index (κ2) is 9.72. The number of allylic oxidation sites excluding steroid dienone is 1. The number of fused-ring (bicyclic) bond motifs is 1. The number of rotatable bonds is 6. The maximum absolute atomic E-state index is 12.8. The normalized spacial score (nSPS) is 17.2. The van der Waals surface area contributed by atoms with Gasteiger partial charge in [0.15, 0.2) is 5.17 Å². The van der Waals surface area contributed by atoms with Gasteiger partial charge in [0, 0.05) is 16.4 Å². The third kappa shape index (κ3) is 4.77. The van der Waals surface area contributed by atoms with E-state index in [1.54, 1.807) is 50.4 Å². The fourth-order valence-corrected chi connectivity index (χ4v) is 4.84. The molecule has 2 aromatic carbocycles. The average Bonchev–Trinajstić information content (AvgIpc) is 3.20. The number of esters is 1. The molecule has 2 heterocycles. The largest absolute Gasteiger partial charge is 0.497 e. The zero-order chi connectivity index (χ0) is 23.5. The fraction of sp³-hybridized carbons (Fsp3) is 0.208. The highest BCUT2D eigenvalue weighted by Gasteiger charge is 2.40. The van der Waals surface area contributed by atoms with Gasteiger partial charge in [0.1, 0.15) is 5.75 Å². The van der Waals surface area contributed by atoms with Gasteiger partial charge in [-0.05, 0) is 54.3 Å². The van der Waals surface area contributed by atoms with Crippen LogP contribution in [0.2, 0.25) is 5.02 Å². The van der Waals surface area contributed by atoms with Gasteiger partial charge in [0.25, 0.3) is 0 Å². The molecule has 0 aliphatic carbocycles. The Hall–Kier alpha value is -3.23. The first-order valence-electron chi connectivity index (χ1n) is 10.1. The summed E-state index contributed by atoms with van der Waals surface area (Å²) >= 11 is 7.51. The summed E-state index contributed by atoms with van der Waals surface area (Å²) < 4.78 is 10.2. The Morgan fingerprint density at radius 2 is 1.82 bits per heavy atom. The van der Waals surface area contributed by atoms with Crippen molar-refractivity contribution in [1.29, 1.82) is 0 Å². The molecule has 0 bridgehead atoms. The number of thioether (sulfide) groups is 1. The minimum absolute atomic E-state index is 0.107. The predicted octanol–water partition coefficient (Wildman–Crippen LogP) is 5.13. The summed E-state index contributed by atoms with van der Waals surface area (Å²) in [6.07, 6.45) is 0.107. The van der Waals surface area contributed by atoms with Crippen molar-refractivity contribution >= 4 is 46.1 Å². The number of amidine groups is 1. The quantitative estimate of drug-likeness (QED) is 0.574. The number of carbonyl (C=O) groups excluding carboxylic acids is 2. The van der Waals surface area contributed by atoms with Gasteiger partial charge < -0.3 is 19.7 Å². The fourth-order valence-electron chi connectivity index (χ4n) is 3.75. The monoisotopic (exact) mass is 483 g/mol. The topological polar surface area (TPSA) is 80.2 Å². The first-order chi connectivity index (χ1) is 15.9. The highest BCUT2D eigenvalue weighted by molar-refractivity contribution is 8.16. The van der Waals surface area contributed by atoms with Crippen LogP contribution in [-0.2, 0) is 14.3 Å². The summed E-state index contributed by atoms with van der Waals surface area (Å²) in [6, 6.07) is 13.9. The number of hydrogen-bond donors (Lipinski definition) is 1. The van der Waals surface area contributed by atoms with Crippen molar-refractivity contribution in [3.05, 3.63) is 81.5 Å². The van der Waals surface area contributed by atoms with Crippen LogP contribution in [0.3, 0.4) is 0 Å². The van der Waals surface area contributed by atoms with Gasteiger partial charge in [-0.15, -0.1) is 0 Å². The molecule has 2 aliphatic rings. The second-order valence-corrected chi connectivity index (χ2v) is 8.66. The van der Waals surface area contributed by atoms with E-state index in [1.165, 1.54) is 18.9 Å². The predicted molar refractivity (Wildman–Crippen MR) is 130 cm³/mol. The number of hydrogen-bond acceptors (Lipinski definition) is 7. The molecule has 1 N–H and O–H groups in total. The first-order valence-corrected chi connectivity index (χ1v) is 11.4. The lowest BCUT2D eigenvalue weighted by atomic mass is 9.94. The van der Waals surface area contributed by atoms with Crippen molar-refractivity contribution in [1.82, 2.24) is 4.90 Å². The molecule has 0 saturated heterocycles. The molecule has 0 fully saturated rings. The number of nitrogens with one attached hydrogen (secondary N) is 1. The maximum Gasteiger partial charge on any atom is 0.338 e. The van der Waals surface area contributed by atoms with Crippen molar-refractivity contribution in [2.75, 3.05) is 19.5 Å². The molecule has 4 rings (SSSR count). The Morgan fingerprint density at radius 3 is 2.45 bits per heavy atom. The van der Waals surface area contributed by atoms with E-state index in [4.69, 9.17) is 21.1 Å². The molecule has 9 heteroatoms. The van der Waals surface area contributed by atoms with Crippen molar-refractivity contribution in [3.63, 3.8) is 0 Å². The Labute approximate surface area is 201 Å². The Bertz CT molecular complexity index is 1170. The van der Waals surface area contributed by atoms with Crippen LogP contribution in [-0.4, -0.2) is 36.2 Å². The van der Waals surface area contributed by atoms with Crippen molar-refractivity contribution < 1.29 is 19.1 Å². The molecule has 1 atom stereocenters. The van der Waals surface area contributed by atoms with Gasteiger partial charge in [0.2, 0.25) is 5.91 Å². The number of halogens is 1. The number of amides is 1. The molecular formula is C24H22ClN3O4S. The van der Waals surface area contributed by atoms with Gasteiger partial charge in [-0.1, -0.05) is 35.5 Å². The number of carbonyl (C=O) groups is 2. The summed E-state index contributed by atoms with van der Waals surface area (Å²) in [6.45, 7) is 1.79. The minimum atomic E-state index is -0.489. The Morgan fingerprint density at radius 1 is 1.12 bits per heavy atom. The van der Waals surface area contributed by atoms with Gasteiger partial charge in [-0.25, -0.2) is 9.79 Å². The van der Waals surface area contributed by atoms with E-state index in [0.717, 1.165) is 11.3 Å². The van der Waals surface area contributed by atoms with E-state index >= 15 is 0 Å². The molecule has 1 unspecified atom stereocenters. The number of ether oxygens (including phenoxy) is 2. The molecule has 2 aliphatic heterocycles. The van der Waals surface area contributed by atoms with Gasteiger partial charge in [-0.3, -0.25) is 4.79 Å². The smallest absolute Gasteiger partial charge is 0.338 e. The number of benzene rings is 2. The van der Waals surface area contributed by atoms with Crippen LogP contribution in [0.15, 0.2) is 75.9 Å². The van der Waals surface area contributed by atoms with Crippen LogP contribution in [0.5, 0.6) is 5.75 Å². The molecule has 0 aromatic heterocycles. The molecular weight excluding hydrogens is 462 g/mol. The molecule has 2 aromatic rings. The van der Waals surface area contributed by atoms with Crippen LogP contribution in [0.25, 0.3) is 0 Å². The lowest BCUT2D eigenvalue weighted by molar-refractivity contribution is -0.136. The molecule has 1 amide bonds. The van der Waals surface area contributed by atoms with E-state index in [-0.39, 0.29) is 12.3 Å². The van der Waals surface area contributed by atoms with Crippen molar-refractivity contribution in [3.8, 4) is 5.75 Å². The minimum Gasteiger partial charge on any atom is -0.497 e. The lowest BCUT2D eigenvalue weighted by Gasteiger charge is -2.36. The van der Waals surface area contributed by atoms with E-state index < -0.39 is 12.0 Å². The van der Waals surface area contributed by atoms with Gasteiger partial charge in [0.05, 0.1) is 38.0 Å². The molecule has 7 nitrogen and oxygen atoms in total. The molecule has 0 spiro atoms. The summed E-state index contributed by atoms with van der Waals surface area (Å²) in [4.78, 5) is 32.1. The number of anilines is 1. The van der Waals surface area contributed by atoms with Crippen LogP contribution in [0, 0.1) is 0 Å². The van der Waals surface area contributed by atoms with E-state index in [1.807, 2.05) is 22.4 Å². The molecule has 33 heavy (non-hydrogen) atoms. The van der Waals surface area contributed by atoms with E-state index in [9.17, 15) is 9.59 Å². The van der Waals surface area contributed by atoms with E-state index in [0.29, 0.717) is 32.9 Å². The maximum atomic E-state index is 12.8. The van der Waals surface area contributed by atoms with Crippen LogP contribution in [0.1, 0.15) is 24.9 Å². The van der Waals surface area contributed by atoms with Gasteiger partial charge in [-0.2, -0.15) is 0 Å². The standard InChI is InChI=1S/C24H22ClN3O4S/c1-14-21(23(30)32-3)22(15-4-6-16(25)7-5-15)28-18(13-33-24(28)26-14)12-20(29)27-17-8-10-19(31-2)11-9-17/h4-11,13,22H,12H2,1-3H3,(H,27,29). The van der Waals surface area contributed by atoms with Crippen LogP contribution < -0.4 is 10.1 Å². The number of methoxy groups -OCH3 is 2. The first kappa shape index (κ1) is 22.9. The average molecular weight is 484 g/mol. The SMILES string of the molecule is COC(=O)C1=C(C)N=C2SC=C(CC(=O)Nc3ccc(OC)cc3)N2C1c1ccc(Cl)cc1. The number of aliphatic imine (C=N–C) groups is 1. The molecule has 170 valence electrons. The highest BCUT2D eigenvalue weighted by atomic mass is 35.5. The molecule has 0 radical (unpaired) electrons. The van der Waals surface area contributed by atoms with E-state index in [2.05, 4.69) is 10.3 Å². The Balaban J connectivity index is 1.62. The zero-order valence-corrected chi connectivity index (χ0v) is 19.9. The summed E-state index contributed by atoms with van der Waals surface area (Å²) in [5.74, 6) is 0.0589. The van der Waals surface area contributed by atoms with Crippen LogP contribution in [0.4, 0.5) is 5.69 Å². The van der Waals surface area contributed by atoms with Crippen molar-refractivity contribution in [2.24, 2.45) is 4.99 Å². The van der Waals surface area contributed by atoms with Crippen molar-refractivity contribution in [2.45, 2.75) is 19.4 Å². The summed E-state index contributed by atoms with van der Waals surface area (Å²) in [5.41, 5.74) is 3.25. The Kier molecular flexibility index (Phi) is 6.76. The third-order valence-electron chi connectivity index (χ3n) is 5.31. The number of nitrogens with zero attached hydrogens (tertiary/aromatic N) is 2. The third-order valence-corrected chi connectivity index (χ3v) is 6.45. The lowest BCUT2D eigenvalue weighted by Crippen LogP contribution is -2.37. The highest BCUT2D eigenvalue weighted by Crippen LogP contribution is 2.45.